The number of nitrogens with one attached hydrogen (secondary N) is 2. The van der Waals surface area contributed by atoms with Crippen LogP contribution in [0.1, 0.15) is 12.0 Å². The molecule has 178 valence electrons. The predicted molar refractivity (Wildman–Crippen MR) is 126 cm³/mol. The number of hydrogen-bond donors (Lipinski definition) is 2. The van der Waals surface area contributed by atoms with Gasteiger partial charge in [0.05, 0.1) is 24.3 Å². The molecule has 0 bridgehead atoms. The third-order valence-electron chi connectivity index (χ3n) is 6.07. The SMILES string of the molecule is COC1CCNCC(C(=O)N[C@H](C#N)Cc2ccc(-c3ccc4oc(=O)n(C)c4c3)cc2)OC1. The number of hydrogen-bond acceptors (Lipinski definition) is 7. The fraction of sp³-hybridized carbons (Fsp3) is 0.400. The lowest BCUT2D eigenvalue weighted by molar-refractivity contribution is -0.136. The Hall–Kier alpha value is -3.45. The zero-order valence-electron chi connectivity index (χ0n) is 19.2. The van der Waals surface area contributed by atoms with Crippen molar-refractivity contribution in [1.82, 2.24) is 15.2 Å². The van der Waals surface area contributed by atoms with E-state index in [2.05, 4.69) is 16.7 Å². The minimum Gasteiger partial charge on any atom is -0.408 e. The summed E-state index contributed by atoms with van der Waals surface area (Å²) in [7, 11) is 3.30. The van der Waals surface area contributed by atoms with Gasteiger partial charge in [-0.25, -0.2) is 4.79 Å². The zero-order chi connectivity index (χ0) is 24.1. The van der Waals surface area contributed by atoms with Crippen LogP contribution >= 0.6 is 0 Å². The molecule has 1 amide bonds. The summed E-state index contributed by atoms with van der Waals surface area (Å²) < 4.78 is 17.7. The average molecular weight is 465 g/mol. The molecule has 4 rings (SSSR count). The second kappa shape index (κ2) is 10.7. The van der Waals surface area contributed by atoms with Crippen LogP contribution in [0.5, 0.6) is 0 Å². The number of oxazole rings is 1. The van der Waals surface area contributed by atoms with Crippen LogP contribution in [-0.4, -0.2) is 55.5 Å². The van der Waals surface area contributed by atoms with Crippen LogP contribution in [0.4, 0.5) is 0 Å². The molecule has 0 radical (unpaired) electrons. The predicted octanol–water partition coefficient (Wildman–Crippen LogP) is 1.74. The van der Waals surface area contributed by atoms with Crippen LogP contribution in [0.15, 0.2) is 51.7 Å². The first-order valence-electron chi connectivity index (χ1n) is 11.2. The van der Waals surface area contributed by atoms with Crippen LogP contribution < -0.4 is 16.4 Å². The minimum absolute atomic E-state index is 0.0625. The highest BCUT2D eigenvalue weighted by Gasteiger charge is 2.25. The van der Waals surface area contributed by atoms with Crippen molar-refractivity contribution < 1.29 is 18.7 Å². The number of nitriles is 1. The van der Waals surface area contributed by atoms with Gasteiger partial charge in [0.15, 0.2) is 5.58 Å². The van der Waals surface area contributed by atoms with Gasteiger partial charge in [-0.3, -0.25) is 9.36 Å². The molecule has 1 aliphatic heterocycles. The van der Waals surface area contributed by atoms with E-state index < -0.39 is 17.9 Å². The summed E-state index contributed by atoms with van der Waals surface area (Å²) in [6.07, 6.45) is 0.450. The molecule has 2 N–H and O–H groups in total. The Morgan fingerprint density at radius 3 is 2.79 bits per heavy atom. The van der Waals surface area contributed by atoms with Gasteiger partial charge in [0.1, 0.15) is 12.1 Å². The van der Waals surface area contributed by atoms with Crippen LogP contribution in [-0.2, 0) is 27.7 Å². The number of benzene rings is 2. The maximum Gasteiger partial charge on any atom is 0.419 e. The molecule has 9 heteroatoms. The normalized spacial score (nSPS) is 19.7. The Morgan fingerprint density at radius 1 is 1.29 bits per heavy atom. The minimum atomic E-state index is -0.678. The van der Waals surface area contributed by atoms with Gasteiger partial charge in [0, 0.05) is 27.1 Å². The number of nitrogens with zero attached hydrogens (tertiary/aromatic N) is 2. The molecule has 9 nitrogen and oxygen atoms in total. The molecule has 34 heavy (non-hydrogen) atoms. The van der Waals surface area contributed by atoms with E-state index in [0.717, 1.165) is 35.2 Å². The number of ether oxygens (including phenoxy) is 2. The quantitative estimate of drug-likeness (QED) is 0.570. The van der Waals surface area contributed by atoms with E-state index in [1.165, 1.54) is 4.57 Å². The van der Waals surface area contributed by atoms with Crippen molar-refractivity contribution >= 4 is 17.0 Å². The van der Waals surface area contributed by atoms with Crippen molar-refractivity contribution in [1.29, 1.82) is 5.26 Å². The number of carbonyl (C=O) groups is 1. The second-order valence-electron chi connectivity index (χ2n) is 8.37. The van der Waals surface area contributed by atoms with Crippen LogP contribution in [0, 0.1) is 11.3 Å². The van der Waals surface area contributed by atoms with Gasteiger partial charge < -0.3 is 24.5 Å². The first-order chi connectivity index (χ1) is 16.5. The maximum atomic E-state index is 12.7. The van der Waals surface area contributed by atoms with Crippen molar-refractivity contribution in [2.75, 3.05) is 26.8 Å². The molecule has 0 saturated carbocycles. The van der Waals surface area contributed by atoms with Gasteiger partial charge in [0.2, 0.25) is 0 Å². The van der Waals surface area contributed by atoms with E-state index in [4.69, 9.17) is 13.9 Å². The van der Waals surface area contributed by atoms with Gasteiger partial charge in [-0.05, 0) is 41.8 Å². The highest BCUT2D eigenvalue weighted by atomic mass is 16.5. The first kappa shape index (κ1) is 23.7. The fourth-order valence-electron chi connectivity index (χ4n) is 3.99. The molecule has 1 aromatic heterocycles. The van der Waals surface area contributed by atoms with Crippen molar-refractivity contribution in [3.63, 3.8) is 0 Å². The van der Waals surface area contributed by atoms with E-state index in [0.29, 0.717) is 25.2 Å². The first-order valence-corrected chi connectivity index (χ1v) is 11.2. The second-order valence-corrected chi connectivity index (χ2v) is 8.37. The Bertz CT molecular complexity index is 1240. The molecule has 1 saturated heterocycles. The Morgan fingerprint density at radius 2 is 2.06 bits per heavy atom. The van der Waals surface area contributed by atoms with E-state index in [1.54, 1.807) is 20.2 Å². The number of carbonyl (C=O) groups excluding carboxylic acids is 1. The molecule has 3 atom stereocenters. The molecule has 2 heterocycles. The van der Waals surface area contributed by atoms with E-state index in [9.17, 15) is 14.9 Å². The van der Waals surface area contributed by atoms with Crippen LogP contribution in [0.3, 0.4) is 0 Å². The van der Waals surface area contributed by atoms with Crippen molar-refractivity contribution in [3.8, 4) is 17.2 Å². The van der Waals surface area contributed by atoms with Gasteiger partial charge >= 0.3 is 5.76 Å². The van der Waals surface area contributed by atoms with Crippen molar-refractivity contribution in [3.05, 3.63) is 58.6 Å². The monoisotopic (exact) mass is 464 g/mol. The van der Waals surface area contributed by atoms with E-state index in [1.807, 2.05) is 36.4 Å². The topological polar surface area (TPSA) is 119 Å². The highest BCUT2D eigenvalue weighted by molar-refractivity contribution is 5.82. The van der Waals surface area contributed by atoms with Gasteiger partial charge in [-0.2, -0.15) is 5.26 Å². The number of fused-ring (bicyclic) bond motifs is 1. The molecular weight excluding hydrogens is 436 g/mol. The molecule has 3 aromatic rings. The van der Waals surface area contributed by atoms with Gasteiger partial charge in [0.25, 0.3) is 5.91 Å². The van der Waals surface area contributed by atoms with Crippen LogP contribution in [0.2, 0.25) is 0 Å². The third kappa shape index (κ3) is 5.37. The number of rotatable bonds is 6. The smallest absolute Gasteiger partial charge is 0.408 e. The summed E-state index contributed by atoms with van der Waals surface area (Å²) in [5.41, 5.74) is 4.11. The highest BCUT2D eigenvalue weighted by Crippen LogP contribution is 2.24. The molecule has 0 spiro atoms. The van der Waals surface area contributed by atoms with Crippen molar-refractivity contribution in [2.24, 2.45) is 7.05 Å². The Kier molecular flexibility index (Phi) is 7.43. The number of aromatic nitrogens is 1. The van der Waals surface area contributed by atoms with Crippen molar-refractivity contribution in [2.45, 2.75) is 31.1 Å². The summed E-state index contributed by atoms with van der Waals surface area (Å²) in [6.45, 7) is 1.47. The standard InChI is InChI=1S/C25H28N4O5/c1-29-21-12-18(7-8-22(21)34-25(29)31)17-5-3-16(4-6-17)11-19(13-26)28-24(30)23-14-27-10-9-20(32-2)15-33-23/h3-8,12,19-20,23,27H,9-11,14-15H2,1-2H3,(H,28,30)/t19-,20?,23?/m0/s1. The van der Waals surface area contributed by atoms with Gasteiger partial charge in [-0.1, -0.05) is 30.3 Å². The summed E-state index contributed by atoms with van der Waals surface area (Å²) in [5, 5.41) is 15.6. The summed E-state index contributed by atoms with van der Waals surface area (Å²) in [6, 6.07) is 14.9. The van der Waals surface area contributed by atoms with E-state index in [-0.39, 0.29) is 12.0 Å². The molecule has 1 fully saturated rings. The fourth-order valence-corrected chi connectivity index (χ4v) is 3.99. The van der Waals surface area contributed by atoms with Crippen LogP contribution in [0.25, 0.3) is 22.2 Å². The lowest BCUT2D eigenvalue weighted by atomic mass is 10.0. The molecule has 0 aliphatic carbocycles. The van der Waals surface area contributed by atoms with Gasteiger partial charge in [-0.15, -0.1) is 0 Å². The number of methoxy groups -OCH3 is 1. The van der Waals surface area contributed by atoms with E-state index >= 15 is 0 Å². The number of amides is 1. The maximum absolute atomic E-state index is 12.7. The zero-order valence-corrected chi connectivity index (χ0v) is 19.2. The Labute approximate surface area is 197 Å². The molecule has 1 aliphatic rings. The average Bonchev–Trinajstić information content (AvgIpc) is 3.12. The third-order valence-corrected chi connectivity index (χ3v) is 6.07. The lowest BCUT2D eigenvalue weighted by Crippen LogP contribution is -2.49. The number of aryl methyl sites for hydroxylation is 1. The largest absolute Gasteiger partial charge is 0.419 e. The molecular formula is C25H28N4O5. The lowest BCUT2D eigenvalue weighted by Gasteiger charge is -2.25. The molecule has 2 aromatic carbocycles. The Balaban J connectivity index is 1.40. The summed E-state index contributed by atoms with van der Waals surface area (Å²) in [4.78, 5) is 24.4. The summed E-state index contributed by atoms with van der Waals surface area (Å²) >= 11 is 0. The summed E-state index contributed by atoms with van der Waals surface area (Å²) in [5.74, 6) is -0.711. The molecule has 2 unspecified atom stereocenters.